The predicted octanol–water partition coefficient (Wildman–Crippen LogP) is 1.22. The number of nitrogens with zero attached hydrogens (tertiary/aromatic N) is 1. The molecule has 0 amide bonds. The molecule has 0 aromatic carbocycles. The predicted molar refractivity (Wildman–Crippen MR) is 64.1 cm³/mol. The number of hydrogen-bond donors (Lipinski definition) is 2. The molecule has 15 heavy (non-hydrogen) atoms. The first-order valence-electron chi connectivity index (χ1n) is 6.20. The maximum absolute atomic E-state index is 10.1. The number of piperidine rings is 1. The van der Waals surface area contributed by atoms with E-state index >= 15 is 0 Å². The van der Waals surface area contributed by atoms with Gasteiger partial charge in [-0.2, -0.15) is 0 Å². The van der Waals surface area contributed by atoms with Gasteiger partial charge in [-0.05, 0) is 39.8 Å². The number of likely N-dealkylation sites (N-methyl/N-ethyl adjacent to an activating group) is 1. The summed E-state index contributed by atoms with van der Waals surface area (Å²) in [5, 5.41) is 13.3. The largest absolute Gasteiger partial charge is 0.389 e. The van der Waals surface area contributed by atoms with Crippen LogP contribution in [0.3, 0.4) is 0 Å². The highest BCUT2D eigenvalue weighted by Crippen LogP contribution is 2.20. The van der Waals surface area contributed by atoms with Gasteiger partial charge in [0.1, 0.15) is 0 Å². The van der Waals surface area contributed by atoms with Crippen molar-refractivity contribution in [3.8, 4) is 0 Å². The zero-order valence-corrected chi connectivity index (χ0v) is 10.4. The van der Waals surface area contributed by atoms with E-state index in [1.165, 1.54) is 19.3 Å². The minimum absolute atomic E-state index is 0.524. The second-order valence-electron chi connectivity index (χ2n) is 5.03. The van der Waals surface area contributed by atoms with Gasteiger partial charge in [-0.3, -0.25) is 4.90 Å². The zero-order valence-electron chi connectivity index (χ0n) is 10.4. The fourth-order valence-electron chi connectivity index (χ4n) is 2.28. The fraction of sp³-hybridized carbons (Fsp3) is 1.00. The van der Waals surface area contributed by atoms with Crippen LogP contribution in [0.5, 0.6) is 0 Å². The summed E-state index contributed by atoms with van der Waals surface area (Å²) in [6.07, 6.45) is 4.70. The minimum atomic E-state index is -0.524. The number of likely N-dealkylation sites (tertiary alicyclic amines) is 1. The lowest BCUT2D eigenvalue weighted by molar-refractivity contribution is -0.00568. The molecule has 0 aliphatic carbocycles. The molecule has 2 N–H and O–H groups in total. The molecule has 3 nitrogen and oxygen atoms in total. The van der Waals surface area contributed by atoms with Crippen molar-refractivity contribution in [3.05, 3.63) is 0 Å². The highest BCUT2D eigenvalue weighted by atomic mass is 16.3. The first kappa shape index (κ1) is 12.9. The van der Waals surface area contributed by atoms with E-state index in [0.717, 1.165) is 26.1 Å². The molecule has 1 aliphatic heterocycles. The molecule has 1 saturated heterocycles. The van der Waals surface area contributed by atoms with Crippen LogP contribution in [-0.4, -0.2) is 48.3 Å². The molecule has 0 radical (unpaired) electrons. The molecular weight excluding hydrogens is 188 g/mol. The first-order valence-corrected chi connectivity index (χ1v) is 6.20. The van der Waals surface area contributed by atoms with Gasteiger partial charge < -0.3 is 10.4 Å². The fourth-order valence-corrected chi connectivity index (χ4v) is 2.28. The summed E-state index contributed by atoms with van der Waals surface area (Å²) in [7, 11) is 2.00. The molecule has 0 saturated carbocycles. The van der Waals surface area contributed by atoms with Gasteiger partial charge in [-0.15, -0.1) is 0 Å². The molecule has 1 fully saturated rings. The van der Waals surface area contributed by atoms with Gasteiger partial charge in [0.25, 0.3) is 0 Å². The van der Waals surface area contributed by atoms with E-state index in [1.807, 2.05) is 14.0 Å². The smallest absolute Gasteiger partial charge is 0.0743 e. The molecule has 2 atom stereocenters. The Labute approximate surface area is 93.9 Å². The van der Waals surface area contributed by atoms with Gasteiger partial charge in [-0.1, -0.05) is 13.3 Å². The molecule has 3 heteroatoms. The Hall–Kier alpha value is -0.120. The number of β-amino-alcohol motifs (C(OH)–C–C–N with tert-alkyl or cyclic N) is 1. The molecular formula is C12H26N2O. The molecule has 1 rings (SSSR count). The van der Waals surface area contributed by atoms with Gasteiger partial charge in [0.2, 0.25) is 0 Å². The Morgan fingerprint density at radius 1 is 1.47 bits per heavy atom. The minimum Gasteiger partial charge on any atom is -0.389 e. The van der Waals surface area contributed by atoms with Gasteiger partial charge >= 0.3 is 0 Å². The second-order valence-corrected chi connectivity index (χ2v) is 5.03. The highest BCUT2D eigenvalue weighted by Gasteiger charge is 2.28. The van der Waals surface area contributed by atoms with E-state index in [2.05, 4.69) is 17.1 Å². The normalized spacial score (nSPS) is 27.6. The lowest BCUT2D eigenvalue weighted by Gasteiger charge is -2.39. The number of rotatable bonds is 5. The Bertz CT molecular complexity index is 180. The van der Waals surface area contributed by atoms with Crippen LogP contribution in [0.4, 0.5) is 0 Å². The second kappa shape index (κ2) is 5.83. The van der Waals surface area contributed by atoms with E-state index in [4.69, 9.17) is 0 Å². The zero-order chi connectivity index (χ0) is 11.3. The summed E-state index contributed by atoms with van der Waals surface area (Å²) in [5.41, 5.74) is -0.524. The van der Waals surface area contributed by atoms with Gasteiger partial charge in [0.05, 0.1) is 5.60 Å². The Balaban J connectivity index is 2.48. The van der Waals surface area contributed by atoms with Crippen molar-refractivity contribution in [3.63, 3.8) is 0 Å². The standard InChI is InChI=1S/C12H26N2O/c1-4-12(2,15)10-14-8-6-5-7-11(14)9-13-3/h11,13,15H,4-10H2,1-3H3. The van der Waals surface area contributed by atoms with Crippen LogP contribution in [0.1, 0.15) is 39.5 Å². The van der Waals surface area contributed by atoms with Crippen molar-refractivity contribution in [2.75, 3.05) is 26.7 Å². The molecule has 0 aromatic heterocycles. The third kappa shape index (κ3) is 4.09. The number of hydrogen-bond acceptors (Lipinski definition) is 3. The molecule has 90 valence electrons. The van der Waals surface area contributed by atoms with Crippen LogP contribution in [0.2, 0.25) is 0 Å². The number of aliphatic hydroxyl groups is 1. The maximum atomic E-state index is 10.1. The van der Waals surface area contributed by atoms with Crippen molar-refractivity contribution in [2.24, 2.45) is 0 Å². The van der Waals surface area contributed by atoms with E-state index < -0.39 is 5.60 Å². The van der Waals surface area contributed by atoms with Crippen molar-refractivity contribution in [1.82, 2.24) is 10.2 Å². The average Bonchev–Trinajstić information content (AvgIpc) is 2.21. The van der Waals surface area contributed by atoms with Crippen molar-refractivity contribution < 1.29 is 5.11 Å². The van der Waals surface area contributed by atoms with E-state index in [-0.39, 0.29) is 0 Å². The summed E-state index contributed by atoms with van der Waals surface area (Å²) in [6.45, 7) is 6.99. The van der Waals surface area contributed by atoms with Gasteiger partial charge in [-0.25, -0.2) is 0 Å². The lowest BCUT2D eigenvalue weighted by atomic mass is 9.97. The van der Waals surface area contributed by atoms with E-state index in [9.17, 15) is 5.11 Å². The summed E-state index contributed by atoms with van der Waals surface area (Å²) >= 11 is 0. The van der Waals surface area contributed by atoms with Crippen LogP contribution in [0.25, 0.3) is 0 Å². The molecule has 0 spiro atoms. The lowest BCUT2D eigenvalue weighted by Crippen LogP contribution is -2.50. The first-order chi connectivity index (χ1) is 7.09. The summed E-state index contributed by atoms with van der Waals surface area (Å²) in [5.74, 6) is 0. The molecule has 0 bridgehead atoms. The molecule has 0 aromatic rings. The molecule has 1 aliphatic rings. The Morgan fingerprint density at radius 3 is 2.80 bits per heavy atom. The Kier molecular flexibility index (Phi) is 5.03. The third-order valence-electron chi connectivity index (χ3n) is 3.49. The van der Waals surface area contributed by atoms with E-state index in [1.54, 1.807) is 0 Å². The Morgan fingerprint density at radius 2 is 2.20 bits per heavy atom. The van der Waals surface area contributed by atoms with Crippen LogP contribution >= 0.6 is 0 Å². The molecule has 1 heterocycles. The van der Waals surface area contributed by atoms with Gasteiger partial charge in [0.15, 0.2) is 0 Å². The van der Waals surface area contributed by atoms with Crippen molar-refractivity contribution in [1.29, 1.82) is 0 Å². The third-order valence-corrected chi connectivity index (χ3v) is 3.49. The van der Waals surface area contributed by atoms with Crippen molar-refractivity contribution in [2.45, 2.75) is 51.2 Å². The SMILES string of the molecule is CCC(C)(O)CN1CCCCC1CNC. The van der Waals surface area contributed by atoms with Crippen LogP contribution in [-0.2, 0) is 0 Å². The average molecular weight is 214 g/mol. The van der Waals surface area contributed by atoms with Crippen LogP contribution in [0.15, 0.2) is 0 Å². The summed E-state index contributed by atoms with van der Waals surface area (Å²) in [6, 6.07) is 0.613. The van der Waals surface area contributed by atoms with Crippen molar-refractivity contribution >= 4 is 0 Å². The van der Waals surface area contributed by atoms with E-state index in [0.29, 0.717) is 6.04 Å². The van der Waals surface area contributed by atoms with Gasteiger partial charge in [0, 0.05) is 19.1 Å². The molecule has 2 unspecified atom stereocenters. The highest BCUT2D eigenvalue weighted by molar-refractivity contribution is 4.84. The van der Waals surface area contributed by atoms with Crippen LogP contribution in [0, 0.1) is 0 Å². The maximum Gasteiger partial charge on any atom is 0.0743 e. The topological polar surface area (TPSA) is 35.5 Å². The quantitative estimate of drug-likeness (QED) is 0.722. The van der Waals surface area contributed by atoms with Crippen LogP contribution < -0.4 is 5.32 Å². The summed E-state index contributed by atoms with van der Waals surface area (Å²) in [4.78, 5) is 2.45. The monoisotopic (exact) mass is 214 g/mol. The number of nitrogens with one attached hydrogen (secondary N) is 1. The summed E-state index contributed by atoms with van der Waals surface area (Å²) < 4.78 is 0.